The van der Waals surface area contributed by atoms with E-state index in [1.165, 1.54) is 0 Å². The summed E-state index contributed by atoms with van der Waals surface area (Å²) in [6.45, 7) is 0. The Balaban J connectivity index is 3.25. The van der Waals surface area contributed by atoms with Crippen LogP contribution in [0.5, 0.6) is 0 Å². The van der Waals surface area contributed by atoms with Crippen LogP contribution in [0.15, 0.2) is 18.2 Å². The van der Waals surface area contributed by atoms with Gasteiger partial charge < -0.3 is 9.84 Å². The maximum Gasteiger partial charge on any atom is 0.419 e. The predicted molar refractivity (Wildman–Crippen MR) is 48.8 cm³/mol. The van der Waals surface area contributed by atoms with Gasteiger partial charge in [0.2, 0.25) is 0 Å². The minimum atomic E-state index is -4.88. The summed E-state index contributed by atoms with van der Waals surface area (Å²) >= 11 is 0. The van der Waals surface area contributed by atoms with Crippen molar-refractivity contribution in [2.75, 3.05) is 7.11 Å². The Bertz CT molecular complexity index is 428. The maximum absolute atomic E-state index is 12.9. The third-order valence-corrected chi connectivity index (χ3v) is 2.06. The van der Waals surface area contributed by atoms with Gasteiger partial charge in [0.15, 0.2) is 6.10 Å². The van der Waals surface area contributed by atoms with Crippen LogP contribution in [0.2, 0.25) is 0 Å². The van der Waals surface area contributed by atoms with E-state index in [1.54, 1.807) is 0 Å². The quantitative estimate of drug-likeness (QED) is 0.841. The highest BCUT2D eigenvalue weighted by atomic mass is 19.4. The van der Waals surface area contributed by atoms with Gasteiger partial charge >= 0.3 is 12.1 Å². The second-order valence-corrected chi connectivity index (χ2v) is 3.19. The first kappa shape index (κ1) is 13.4. The fourth-order valence-corrected chi connectivity index (χ4v) is 1.30. The van der Waals surface area contributed by atoms with Gasteiger partial charge in [-0.1, -0.05) is 6.07 Å². The highest BCUT2D eigenvalue weighted by Gasteiger charge is 2.35. The van der Waals surface area contributed by atoms with Gasteiger partial charge in [0.1, 0.15) is 5.82 Å². The maximum atomic E-state index is 12.9. The lowest BCUT2D eigenvalue weighted by molar-refractivity contribution is -0.149. The van der Waals surface area contributed by atoms with E-state index in [-0.39, 0.29) is 5.56 Å². The molecule has 1 rings (SSSR count). The number of alkyl halides is 3. The number of hydrogen-bond donors (Lipinski definition) is 1. The molecular weight excluding hydrogens is 244 g/mol. The number of aliphatic carboxylic acids is 1. The number of hydrogen-bond acceptors (Lipinski definition) is 2. The average Bonchev–Trinajstić information content (AvgIpc) is 2.19. The Hall–Kier alpha value is -1.63. The molecule has 0 aromatic heterocycles. The van der Waals surface area contributed by atoms with Crippen LogP contribution in [0.25, 0.3) is 0 Å². The molecule has 0 radical (unpaired) electrons. The summed E-state index contributed by atoms with van der Waals surface area (Å²) in [5, 5.41) is 8.69. The molecule has 94 valence electrons. The number of ether oxygens (including phenoxy) is 1. The lowest BCUT2D eigenvalue weighted by atomic mass is 10.1. The summed E-state index contributed by atoms with van der Waals surface area (Å²) in [5.41, 5.74) is -1.79. The fraction of sp³-hybridized carbons (Fsp3) is 0.300. The zero-order valence-corrected chi connectivity index (χ0v) is 8.58. The zero-order chi connectivity index (χ0) is 13.2. The molecule has 0 aliphatic heterocycles. The number of rotatable bonds is 3. The van der Waals surface area contributed by atoms with Gasteiger partial charge in [0, 0.05) is 7.11 Å². The van der Waals surface area contributed by atoms with Gasteiger partial charge in [-0.05, 0) is 17.7 Å². The summed E-state index contributed by atoms with van der Waals surface area (Å²) in [6.07, 6.45) is -6.44. The van der Waals surface area contributed by atoms with Crippen molar-refractivity contribution < 1.29 is 32.2 Å². The molecule has 7 heteroatoms. The van der Waals surface area contributed by atoms with E-state index in [9.17, 15) is 22.4 Å². The molecule has 0 saturated carbocycles. The van der Waals surface area contributed by atoms with Crippen molar-refractivity contribution >= 4 is 5.97 Å². The Morgan fingerprint density at radius 1 is 1.41 bits per heavy atom. The molecule has 3 nitrogen and oxygen atoms in total. The Morgan fingerprint density at radius 2 is 2.00 bits per heavy atom. The van der Waals surface area contributed by atoms with E-state index in [2.05, 4.69) is 4.74 Å². The summed E-state index contributed by atoms with van der Waals surface area (Å²) in [7, 11) is 1.04. The SMILES string of the molecule is COC(C(=O)O)c1ccc(F)c(C(F)(F)F)c1. The average molecular weight is 252 g/mol. The van der Waals surface area contributed by atoms with Crippen LogP contribution in [0.3, 0.4) is 0 Å². The van der Waals surface area contributed by atoms with Crippen LogP contribution >= 0.6 is 0 Å². The number of methoxy groups -OCH3 is 1. The largest absolute Gasteiger partial charge is 0.479 e. The molecule has 1 unspecified atom stereocenters. The minimum absolute atomic E-state index is 0.270. The molecule has 0 spiro atoms. The standard InChI is InChI=1S/C10H8F4O3/c1-17-8(9(15)16)5-2-3-7(11)6(4-5)10(12,13)14/h2-4,8H,1H3,(H,15,16). The molecule has 0 aliphatic rings. The Kier molecular flexibility index (Phi) is 3.72. The molecule has 0 fully saturated rings. The van der Waals surface area contributed by atoms with E-state index >= 15 is 0 Å². The molecule has 1 aromatic carbocycles. The van der Waals surface area contributed by atoms with Crippen LogP contribution in [-0.4, -0.2) is 18.2 Å². The first-order chi connectivity index (χ1) is 7.77. The third kappa shape index (κ3) is 2.94. The van der Waals surface area contributed by atoms with Gasteiger partial charge in [-0.25, -0.2) is 9.18 Å². The molecule has 1 atom stereocenters. The number of carboxylic acids is 1. The molecule has 0 bridgehead atoms. The second kappa shape index (κ2) is 4.70. The molecule has 1 N–H and O–H groups in total. The van der Waals surface area contributed by atoms with Crippen molar-refractivity contribution in [2.24, 2.45) is 0 Å². The van der Waals surface area contributed by atoms with E-state index in [1.807, 2.05) is 0 Å². The normalized spacial score (nSPS) is 13.5. The number of benzene rings is 1. The molecule has 0 aliphatic carbocycles. The highest BCUT2D eigenvalue weighted by molar-refractivity contribution is 5.74. The van der Waals surface area contributed by atoms with Crippen LogP contribution in [0, 0.1) is 5.82 Å². The number of halogens is 4. The van der Waals surface area contributed by atoms with Gasteiger partial charge in [-0.2, -0.15) is 13.2 Å². The van der Waals surface area contributed by atoms with Crippen molar-refractivity contribution in [3.63, 3.8) is 0 Å². The number of carbonyl (C=O) groups is 1. The smallest absolute Gasteiger partial charge is 0.419 e. The zero-order valence-electron chi connectivity index (χ0n) is 8.58. The van der Waals surface area contributed by atoms with E-state index in [4.69, 9.17) is 5.11 Å². The van der Waals surface area contributed by atoms with Crippen molar-refractivity contribution in [3.05, 3.63) is 35.1 Å². The monoisotopic (exact) mass is 252 g/mol. The predicted octanol–water partition coefficient (Wildman–Crippen LogP) is 2.62. The lowest BCUT2D eigenvalue weighted by Gasteiger charge is -2.14. The van der Waals surface area contributed by atoms with Crippen molar-refractivity contribution in [3.8, 4) is 0 Å². The Morgan fingerprint density at radius 3 is 2.41 bits per heavy atom. The summed E-state index contributed by atoms with van der Waals surface area (Å²) < 4.78 is 54.5. The van der Waals surface area contributed by atoms with Crippen molar-refractivity contribution in [1.29, 1.82) is 0 Å². The van der Waals surface area contributed by atoms with Crippen molar-refractivity contribution in [2.45, 2.75) is 12.3 Å². The van der Waals surface area contributed by atoms with Crippen LogP contribution < -0.4 is 0 Å². The van der Waals surface area contributed by atoms with Gasteiger partial charge in [0.05, 0.1) is 5.56 Å². The summed E-state index contributed by atoms with van der Waals surface area (Å²) in [5.74, 6) is -2.91. The van der Waals surface area contributed by atoms with Gasteiger partial charge in [0.25, 0.3) is 0 Å². The molecule has 0 amide bonds. The van der Waals surface area contributed by atoms with Gasteiger partial charge in [-0.3, -0.25) is 0 Å². The highest BCUT2D eigenvalue weighted by Crippen LogP contribution is 2.33. The van der Waals surface area contributed by atoms with Crippen LogP contribution in [-0.2, 0) is 15.7 Å². The van der Waals surface area contributed by atoms with Crippen molar-refractivity contribution in [1.82, 2.24) is 0 Å². The number of carboxylic acid groups (broad SMARTS) is 1. The first-order valence-electron chi connectivity index (χ1n) is 4.39. The fourth-order valence-electron chi connectivity index (χ4n) is 1.30. The van der Waals surface area contributed by atoms with Crippen LogP contribution in [0.1, 0.15) is 17.2 Å². The third-order valence-electron chi connectivity index (χ3n) is 2.06. The van der Waals surface area contributed by atoms with Crippen LogP contribution in [0.4, 0.5) is 17.6 Å². The molecule has 1 aromatic rings. The first-order valence-corrected chi connectivity index (χ1v) is 4.39. The van der Waals surface area contributed by atoms with E-state index in [0.717, 1.165) is 13.2 Å². The Labute approximate surface area is 93.6 Å². The molecule has 0 saturated heterocycles. The lowest BCUT2D eigenvalue weighted by Crippen LogP contribution is -2.16. The topological polar surface area (TPSA) is 46.5 Å². The second-order valence-electron chi connectivity index (χ2n) is 3.19. The van der Waals surface area contributed by atoms with E-state index in [0.29, 0.717) is 12.1 Å². The van der Waals surface area contributed by atoms with E-state index < -0.39 is 29.6 Å². The summed E-state index contributed by atoms with van der Waals surface area (Å²) in [6, 6.07) is 1.93. The van der Waals surface area contributed by atoms with Gasteiger partial charge in [-0.15, -0.1) is 0 Å². The molecule has 17 heavy (non-hydrogen) atoms. The minimum Gasteiger partial charge on any atom is -0.479 e. The molecule has 0 heterocycles. The molecular formula is C10H8F4O3. The summed E-state index contributed by atoms with van der Waals surface area (Å²) in [4.78, 5) is 10.7.